The summed E-state index contributed by atoms with van der Waals surface area (Å²) in [5, 5.41) is 0.0752. The molecule has 0 radical (unpaired) electrons. The minimum atomic E-state index is -3.70. The number of benzene rings is 2. The Kier molecular flexibility index (Phi) is 4.36. The summed E-state index contributed by atoms with van der Waals surface area (Å²) in [5.74, 6) is -0.761. The molecule has 0 saturated heterocycles. The standard InChI is InChI=1S/C13H10BrClFNO2S/c14-9-6-8(4-5-11(9)16)7-20(18,19)13-10(15)2-1-3-12(13)17/h1-6H,7,17H2. The lowest BCUT2D eigenvalue weighted by molar-refractivity contribution is 0.595. The smallest absolute Gasteiger partial charge is 0.186 e. The van der Waals surface area contributed by atoms with Crippen LogP contribution in [0.15, 0.2) is 45.8 Å². The summed E-state index contributed by atoms with van der Waals surface area (Å²) >= 11 is 8.93. The molecule has 2 N–H and O–H groups in total. The average Bonchev–Trinajstić information content (AvgIpc) is 2.33. The van der Waals surface area contributed by atoms with Crippen molar-refractivity contribution in [1.82, 2.24) is 0 Å². The molecule has 7 heteroatoms. The van der Waals surface area contributed by atoms with Crippen molar-refractivity contribution < 1.29 is 12.8 Å². The van der Waals surface area contributed by atoms with Crippen molar-refractivity contribution in [2.45, 2.75) is 10.6 Å². The van der Waals surface area contributed by atoms with E-state index < -0.39 is 15.7 Å². The Morgan fingerprint density at radius 1 is 1.25 bits per heavy atom. The van der Waals surface area contributed by atoms with Crippen LogP contribution < -0.4 is 5.73 Å². The number of sulfone groups is 1. The average molecular weight is 379 g/mol. The van der Waals surface area contributed by atoms with Gasteiger partial charge in [-0.2, -0.15) is 0 Å². The molecule has 0 aliphatic carbocycles. The molecule has 0 unspecified atom stereocenters. The SMILES string of the molecule is Nc1cccc(Cl)c1S(=O)(=O)Cc1ccc(F)c(Br)c1. The van der Waals surface area contributed by atoms with E-state index >= 15 is 0 Å². The van der Waals surface area contributed by atoms with Crippen LogP contribution in [0.3, 0.4) is 0 Å². The highest BCUT2D eigenvalue weighted by atomic mass is 79.9. The molecular weight excluding hydrogens is 369 g/mol. The van der Waals surface area contributed by atoms with E-state index in [1.807, 2.05) is 0 Å². The Morgan fingerprint density at radius 2 is 1.95 bits per heavy atom. The Labute approximate surface area is 129 Å². The normalized spacial score (nSPS) is 11.6. The van der Waals surface area contributed by atoms with E-state index in [0.29, 0.717) is 5.56 Å². The van der Waals surface area contributed by atoms with Crippen molar-refractivity contribution in [3.8, 4) is 0 Å². The topological polar surface area (TPSA) is 60.2 Å². The summed E-state index contributed by atoms with van der Waals surface area (Å²) in [4.78, 5) is -0.0953. The van der Waals surface area contributed by atoms with Crippen LogP contribution in [0.1, 0.15) is 5.56 Å². The highest BCUT2D eigenvalue weighted by Gasteiger charge is 2.22. The van der Waals surface area contributed by atoms with E-state index in [4.69, 9.17) is 17.3 Å². The maximum atomic E-state index is 13.1. The van der Waals surface area contributed by atoms with Crippen LogP contribution in [0.4, 0.5) is 10.1 Å². The first-order valence-corrected chi connectivity index (χ1v) is 8.34. The van der Waals surface area contributed by atoms with Crippen LogP contribution in [0.2, 0.25) is 5.02 Å². The molecule has 0 aliphatic rings. The lowest BCUT2D eigenvalue weighted by atomic mass is 10.2. The van der Waals surface area contributed by atoms with Crippen LogP contribution in [0.5, 0.6) is 0 Å². The number of nitrogen functional groups attached to an aromatic ring is 1. The van der Waals surface area contributed by atoms with E-state index in [-0.39, 0.29) is 25.8 Å². The van der Waals surface area contributed by atoms with Crippen LogP contribution in [0, 0.1) is 5.82 Å². The Balaban J connectivity index is 2.43. The summed E-state index contributed by atoms with van der Waals surface area (Å²) in [5.41, 5.74) is 6.22. The number of halogens is 3. The minimum absolute atomic E-state index is 0.0752. The van der Waals surface area contributed by atoms with Gasteiger partial charge in [0.05, 0.1) is 20.9 Å². The summed E-state index contributed by atoms with van der Waals surface area (Å²) in [6.45, 7) is 0. The van der Waals surface area contributed by atoms with Gasteiger partial charge < -0.3 is 5.73 Å². The van der Waals surface area contributed by atoms with Crippen LogP contribution >= 0.6 is 27.5 Å². The molecule has 0 spiro atoms. The lowest BCUT2D eigenvalue weighted by Gasteiger charge is -2.09. The predicted octanol–water partition coefficient (Wildman–Crippen LogP) is 3.80. The Hall–Kier alpha value is -1.11. The van der Waals surface area contributed by atoms with Gasteiger partial charge in [0.25, 0.3) is 0 Å². The van der Waals surface area contributed by atoms with Gasteiger partial charge in [0, 0.05) is 0 Å². The van der Waals surface area contributed by atoms with E-state index in [9.17, 15) is 12.8 Å². The molecule has 2 aromatic rings. The van der Waals surface area contributed by atoms with Crippen molar-refractivity contribution in [3.63, 3.8) is 0 Å². The molecule has 20 heavy (non-hydrogen) atoms. The third-order valence-corrected chi connectivity index (χ3v) is 5.47. The molecule has 106 valence electrons. The number of rotatable bonds is 3. The van der Waals surface area contributed by atoms with Crippen molar-refractivity contribution >= 4 is 43.1 Å². The predicted molar refractivity (Wildman–Crippen MR) is 80.9 cm³/mol. The zero-order chi connectivity index (χ0) is 14.9. The quantitative estimate of drug-likeness (QED) is 0.827. The molecule has 0 heterocycles. The number of anilines is 1. The van der Waals surface area contributed by atoms with E-state index in [2.05, 4.69) is 15.9 Å². The zero-order valence-electron chi connectivity index (χ0n) is 10.1. The molecule has 3 nitrogen and oxygen atoms in total. The van der Waals surface area contributed by atoms with Crippen molar-refractivity contribution in [2.75, 3.05) is 5.73 Å². The van der Waals surface area contributed by atoms with Gasteiger partial charge in [0.2, 0.25) is 0 Å². The van der Waals surface area contributed by atoms with Crippen molar-refractivity contribution in [1.29, 1.82) is 0 Å². The van der Waals surface area contributed by atoms with Crippen LogP contribution in [-0.4, -0.2) is 8.42 Å². The third-order valence-electron chi connectivity index (χ3n) is 2.65. The summed E-state index contributed by atoms with van der Waals surface area (Å²) < 4.78 is 38.1. The van der Waals surface area contributed by atoms with E-state index in [1.165, 1.54) is 30.3 Å². The molecule has 2 rings (SSSR count). The first kappa shape index (κ1) is 15.3. The highest BCUT2D eigenvalue weighted by Crippen LogP contribution is 2.30. The second-order valence-electron chi connectivity index (χ2n) is 4.17. The highest BCUT2D eigenvalue weighted by molar-refractivity contribution is 9.10. The van der Waals surface area contributed by atoms with Crippen LogP contribution in [0.25, 0.3) is 0 Å². The fourth-order valence-electron chi connectivity index (χ4n) is 1.77. The molecule has 0 atom stereocenters. The van der Waals surface area contributed by atoms with Crippen LogP contribution in [-0.2, 0) is 15.6 Å². The Morgan fingerprint density at radius 3 is 2.55 bits per heavy atom. The second-order valence-corrected chi connectivity index (χ2v) is 7.35. The maximum Gasteiger partial charge on any atom is 0.186 e. The third kappa shape index (κ3) is 3.13. The van der Waals surface area contributed by atoms with E-state index in [1.54, 1.807) is 6.07 Å². The monoisotopic (exact) mass is 377 g/mol. The molecule has 0 aliphatic heterocycles. The fourth-order valence-corrected chi connectivity index (χ4v) is 4.29. The molecule has 0 fully saturated rings. The first-order chi connectivity index (χ1) is 9.31. The van der Waals surface area contributed by atoms with Gasteiger partial charge in [-0.15, -0.1) is 0 Å². The molecular formula is C13H10BrClFNO2S. The van der Waals surface area contributed by atoms with Crippen molar-refractivity contribution in [3.05, 3.63) is 57.3 Å². The van der Waals surface area contributed by atoms with E-state index in [0.717, 1.165) is 0 Å². The minimum Gasteiger partial charge on any atom is -0.398 e. The number of hydrogen-bond donors (Lipinski definition) is 1. The van der Waals surface area contributed by atoms with Gasteiger partial charge in [0.15, 0.2) is 9.84 Å². The van der Waals surface area contributed by atoms with Gasteiger partial charge >= 0.3 is 0 Å². The summed E-state index contributed by atoms with van der Waals surface area (Å²) in [6.07, 6.45) is 0. The van der Waals surface area contributed by atoms with Gasteiger partial charge in [-0.05, 0) is 45.8 Å². The maximum absolute atomic E-state index is 13.1. The van der Waals surface area contributed by atoms with Gasteiger partial charge in [-0.25, -0.2) is 12.8 Å². The number of hydrogen-bond acceptors (Lipinski definition) is 3. The first-order valence-electron chi connectivity index (χ1n) is 5.52. The van der Waals surface area contributed by atoms with Gasteiger partial charge in [-0.3, -0.25) is 0 Å². The second kappa shape index (κ2) is 5.71. The summed E-state index contributed by atoms with van der Waals surface area (Å²) in [6, 6.07) is 8.53. The molecule has 0 bridgehead atoms. The fraction of sp³-hybridized carbons (Fsp3) is 0.0769. The molecule has 0 amide bonds. The largest absolute Gasteiger partial charge is 0.398 e. The zero-order valence-corrected chi connectivity index (χ0v) is 13.3. The molecule has 0 aromatic heterocycles. The number of nitrogens with two attached hydrogens (primary N) is 1. The van der Waals surface area contributed by atoms with Gasteiger partial charge in [0.1, 0.15) is 10.7 Å². The molecule has 0 saturated carbocycles. The van der Waals surface area contributed by atoms with Gasteiger partial charge in [-0.1, -0.05) is 23.7 Å². The molecule has 2 aromatic carbocycles. The Bertz CT molecular complexity index is 745. The van der Waals surface area contributed by atoms with Crippen molar-refractivity contribution in [2.24, 2.45) is 0 Å². The lowest BCUT2D eigenvalue weighted by Crippen LogP contribution is -2.09. The summed E-state index contributed by atoms with van der Waals surface area (Å²) in [7, 11) is -3.70.